The summed E-state index contributed by atoms with van der Waals surface area (Å²) in [6.45, 7) is 6.71. The van der Waals surface area contributed by atoms with Crippen LogP contribution in [0.1, 0.15) is 39.7 Å². The quantitative estimate of drug-likeness (QED) is 0.433. The van der Waals surface area contributed by atoms with Gasteiger partial charge >= 0.3 is 6.09 Å². The average molecular weight is 451 g/mol. The standard InChI is InChI=1S/C24H26N4O3S/c1-24(2,3)31-23(30)26-12-10-16(11-13-26)28-21-17-7-4-5-8-19(17)25-27(21)15-18(22(28)29)20-9-6-14-32-20/h4-9,14-16H,10-13H2,1-3H3. The second kappa shape index (κ2) is 7.78. The second-order valence-electron chi connectivity index (χ2n) is 9.18. The van der Waals surface area contributed by atoms with Crippen LogP contribution >= 0.6 is 11.3 Å². The van der Waals surface area contributed by atoms with Crippen molar-refractivity contribution >= 4 is 34.0 Å². The van der Waals surface area contributed by atoms with Gasteiger partial charge in [-0.2, -0.15) is 5.10 Å². The Morgan fingerprint density at radius 1 is 1.12 bits per heavy atom. The minimum atomic E-state index is -0.525. The average Bonchev–Trinajstić information content (AvgIpc) is 3.40. The Morgan fingerprint density at radius 2 is 1.88 bits per heavy atom. The first-order chi connectivity index (χ1) is 15.3. The molecule has 7 nitrogen and oxygen atoms in total. The summed E-state index contributed by atoms with van der Waals surface area (Å²) in [7, 11) is 0. The minimum Gasteiger partial charge on any atom is -0.444 e. The van der Waals surface area contributed by atoms with Crippen LogP contribution in [0.25, 0.3) is 27.0 Å². The number of fused-ring (bicyclic) bond motifs is 3. The SMILES string of the molecule is CC(C)(C)OC(=O)N1CCC(n2c(=O)c(-c3cccs3)cn3nc4ccccc4c23)CC1. The fraction of sp³-hybridized carbons (Fsp3) is 0.375. The normalized spacial score (nSPS) is 15.5. The molecule has 0 N–H and O–H groups in total. The third kappa shape index (κ3) is 3.68. The molecule has 0 saturated carbocycles. The highest BCUT2D eigenvalue weighted by Gasteiger charge is 2.30. The molecular weight excluding hydrogens is 424 g/mol. The van der Waals surface area contributed by atoms with Gasteiger partial charge in [0.15, 0.2) is 0 Å². The van der Waals surface area contributed by atoms with E-state index < -0.39 is 5.60 Å². The van der Waals surface area contributed by atoms with Gasteiger partial charge in [-0.25, -0.2) is 9.31 Å². The van der Waals surface area contributed by atoms with Crippen molar-refractivity contribution in [2.24, 2.45) is 0 Å². The van der Waals surface area contributed by atoms with E-state index in [1.165, 1.54) is 0 Å². The molecule has 3 aromatic heterocycles. The van der Waals surface area contributed by atoms with Crippen LogP contribution in [0.2, 0.25) is 0 Å². The molecule has 0 unspecified atom stereocenters. The molecule has 0 radical (unpaired) electrons. The van der Waals surface area contributed by atoms with Gasteiger partial charge in [0.05, 0.1) is 11.1 Å². The van der Waals surface area contributed by atoms with Crippen molar-refractivity contribution in [3.8, 4) is 10.4 Å². The topological polar surface area (TPSA) is 68.8 Å². The van der Waals surface area contributed by atoms with Crippen molar-refractivity contribution in [3.05, 3.63) is 58.3 Å². The van der Waals surface area contributed by atoms with Gasteiger partial charge in [0.2, 0.25) is 0 Å². The van der Waals surface area contributed by atoms with Gasteiger partial charge in [0.25, 0.3) is 5.56 Å². The van der Waals surface area contributed by atoms with Gasteiger partial charge < -0.3 is 9.64 Å². The lowest BCUT2D eigenvalue weighted by Gasteiger charge is -2.34. The van der Waals surface area contributed by atoms with Crippen LogP contribution in [0.5, 0.6) is 0 Å². The van der Waals surface area contributed by atoms with E-state index in [0.717, 1.165) is 21.4 Å². The molecule has 1 amide bonds. The summed E-state index contributed by atoms with van der Waals surface area (Å²) in [5, 5.41) is 7.67. The molecule has 8 heteroatoms. The van der Waals surface area contributed by atoms with E-state index in [0.29, 0.717) is 31.5 Å². The van der Waals surface area contributed by atoms with Crippen LogP contribution < -0.4 is 5.56 Å². The Bertz CT molecular complexity index is 1340. The van der Waals surface area contributed by atoms with Gasteiger partial charge in [0.1, 0.15) is 11.2 Å². The summed E-state index contributed by atoms with van der Waals surface area (Å²) in [5.41, 5.74) is 1.77. The molecular formula is C24H26N4O3S. The summed E-state index contributed by atoms with van der Waals surface area (Å²) in [6, 6.07) is 11.8. The van der Waals surface area contributed by atoms with Crippen LogP contribution in [-0.4, -0.2) is 43.9 Å². The fourth-order valence-electron chi connectivity index (χ4n) is 4.34. The number of rotatable bonds is 2. The molecule has 1 aromatic carbocycles. The lowest BCUT2D eigenvalue weighted by molar-refractivity contribution is 0.0188. The number of amides is 1. The lowest BCUT2D eigenvalue weighted by Crippen LogP contribution is -2.43. The smallest absolute Gasteiger partial charge is 0.410 e. The van der Waals surface area contributed by atoms with Gasteiger partial charge in [-0.3, -0.25) is 9.36 Å². The first-order valence-corrected chi connectivity index (χ1v) is 11.7. The molecule has 1 aliphatic rings. The lowest BCUT2D eigenvalue weighted by atomic mass is 10.0. The van der Waals surface area contributed by atoms with Crippen LogP contribution in [0.4, 0.5) is 4.79 Å². The summed E-state index contributed by atoms with van der Waals surface area (Å²) in [6.07, 6.45) is 2.91. The Balaban J connectivity index is 1.57. The van der Waals surface area contributed by atoms with Gasteiger partial charge in [-0.05, 0) is 57.2 Å². The molecule has 32 heavy (non-hydrogen) atoms. The van der Waals surface area contributed by atoms with Crippen molar-refractivity contribution in [2.75, 3.05) is 13.1 Å². The molecule has 0 aliphatic carbocycles. The van der Waals surface area contributed by atoms with Crippen LogP contribution in [0, 0.1) is 0 Å². The maximum atomic E-state index is 13.7. The predicted molar refractivity (Wildman–Crippen MR) is 126 cm³/mol. The van der Waals surface area contributed by atoms with Crippen LogP contribution in [0.15, 0.2) is 52.8 Å². The summed E-state index contributed by atoms with van der Waals surface area (Å²) in [4.78, 5) is 28.9. The highest BCUT2D eigenvalue weighted by molar-refractivity contribution is 7.13. The van der Waals surface area contributed by atoms with E-state index in [1.807, 2.05) is 77.8 Å². The van der Waals surface area contributed by atoms with Crippen LogP contribution in [-0.2, 0) is 4.74 Å². The number of hydrogen-bond acceptors (Lipinski definition) is 5. The summed E-state index contributed by atoms with van der Waals surface area (Å²) >= 11 is 1.55. The van der Waals surface area contributed by atoms with E-state index in [4.69, 9.17) is 9.84 Å². The van der Waals surface area contributed by atoms with Gasteiger partial charge in [-0.1, -0.05) is 18.2 Å². The first kappa shape index (κ1) is 20.8. The zero-order valence-corrected chi connectivity index (χ0v) is 19.3. The molecule has 0 atom stereocenters. The molecule has 4 aromatic rings. The number of ether oxygens (including phenoxy) is 1. The molecule has 1 saturated heterocycles. The van der Waals surface area contributed by atoms with E-state index in [1.54, 1.807) is 16.2 Å². The number of carbonyl (C=O) groups excluding carboxylic acids is 1. The summed E-state index contributed by atoms with van der Waals surface area (Å²) < 4.78 is 9.27. The minimum absolute atomic E-state index is 0.0127. The van der Waals surface area contributed by atoms with Crippen molar-refractivity contribution in [3.63, 3.8) is 0 Å². The van der Waals surface area contributed by atoms with E-state index in [-0.39, 0.29) is 17.7 Å². The largest absolute Gasteiger partial charge is 0.444 e. The highest BCUT2D eigenvalue weighted by atomic mass is 32.1. The Hall–Kier alpha value is -3.13. The second-order valence-corrected chi connectivity index (χ2v) is 10.1. The van der Waals surface area contributed by atoms with E-state index in [2.05, 4.69) is 0 Å². The number of likely N-dealkylation sites (tertiary alicyclic amines) is 1. The number of benzene rings is 1. The molecule has 4 heterocycles. The Morgan fingerprint density at radius 3 is 2.56 bits per heavy atom. The number of carbonyl (C=O) groups is 1. The Labute approximate surface area is 189 Å². The van der Waals surface area contributed by atoms with Crippen molar-refractivity contribution in [1.29, 1.82) is 0 Å². The maximum Gasteiger partial charge on any atom is 0.410 e. The molecule has 1 fully saturated rings. The van der Waals surface area contributed by atoms with Crippen molar-refractivity contribution in [2.45, 2.75) is 45.3 Å². The zero-order valence-electron chi connectivity index (χ0n) is 18.4. The Kier molecular flexibility index (Phi) is 5.04. The molecule has 5 rings (SSSR count). The monoisotopic (exact) mass is 450 g/mol. The van der Waals surface area contributed by atoms with Crippen molar-refractivity contribution in [1.82, 2.24) is 19.1 Å². The number of nitrogens with zero attached hydrogens (tertiary/aromatic N) is 4. The van der Waals surface area contributed by atoms with Crippen LogP contribution in [0.3, 0.4) is 0 Å². The summed E-state index contributed by atoms with van der Waals surface area (Å²) in [5.74, 6) is 0. The predicted octanol–water partition coefficient (Wildman–Crippen LogP) is 4.95. The zero-order chi connectivity index (χ0) is 22.5. The van der Waals surface area contributed by atoms with E-state index in [9.17, 15) is 9.59 Å². The number of aromatic nitrogens is 3. The number of piperidine rings is 1. The number of thiophene rings is 1. The maximum absolute atomic E-state index is 13.7. The first-order valence-electron chi connectivity index (χ1n) is 10.9. The fourth-order valence-corrected chi connectivity index (χ4v) is 5.07. The molecule has 166 valence electrons. The molecule has 0 spiro atoms. The number of hydrogen-bond donors (Lipinski definition) is 0. The highest BCUT2D eigenvalue weighted by Crippen LogP contribution is 2.30. The van der Waals surface area contributed by atoms with Gasteiger partial charge in [0, 0.05) is 35.6 Å². The third-order valence-electron chi connectivity index (χ3n) is 5.77. The third-order valence-corrected chi connectivity index (χ3v) is 6.68. The van der Waals surface area contributed by atoms with E-state index >= 15 is 0 Å². The molecule has 0 bridgehead atoms. The van der Waals surface area contributed by atoms with Crippen molar-refractivity contribution < 1.29 is 9.53 Å². The molecule has 1 aliphatic heterocycles. The van der Waals surface area contributed by atoms with Gasteiger partial charge in [-0.15, -0.1) is 11.3 Å².